The molecule has 106 valence electrons. The molecule has 3 rings (SSSR count). The maximum Gasteiger partial charge on any atom is 0.269 e. The van der Waals surface area contributed by atoms with E-state index in [1.807, 2.05) is 0 Å². The van der Waals surface area contributed by atoms with E-state index in [4.69, 9.17) is 4.74 Å². The number of ether oxygens (including phenoxy) is 1. The number of epoxide rings is 1. The summed E-state index contributed by atoms with van der Waals surface area (Å²) in [5, 5.41) is 21.5. The maximum atomic E-state index is 10.8. The zero-order chi connectivity index (χ0) is 15.0. The highest BCUT2D eigenvalue weighted by molar-refractivity contribution is 5.41. The second-order valence-corrected chi connectivity index (χ2v) is 4.68. The fourth-order valence-electron chi connectivity index (χ4n) is 2.25. The standard InChI is InChI=1S/C14H10N2O5/c17-15(18)11-5-1-3-9(7-11)13-14(21-13)10-4-2-6-12(8-10)16(19)20/h1-8,13-14H/t13-,14-/m0/s1. The molecule has 21 heavy (non-hydrogen) atoms. The van der Waals surface area contributed by atoms with Gasteiger partial charge in [0.25, 0.3) is 11.4 Å². The smallest absolute Gasteiger partial charge is 0.269 e. The summed E-state index contributed by atoms with van der Waals surface area (Å²) < 4.78 is 5.51. The van der Waals surface area contributed by atoms with E-state index >= 15 is 0 Å². The highest BCUT2D eigenvalue weighted by Gasteiger charge is 2.42. The first-order valence-corrected chi connectivity index (χ1v) is 6.20. The maximum absolute atomic E-state index is 10.8. The van der Waals surface area contributed by atoms with E-state index in [-0.39, 0.29) is 23.6 Å². The summed E-state index contributed by atoms with van der Waals surface area (Å²) in [5.41, 5.74) is 1.39. The zero-order valence-electron chi connectivity index (χ0n) is 10.7. The minimum absolute atomic E-state index is 0.000734. The molecule has 1 heterocycles. The van der Waals surface area contributed by atoms with Crippen LogP contribution in [0.3, 0.4) is 0 Å². The van der Waals surface area contributed by atoms with Crippen LogP contribution in [-0.2, 0) is 4.74 Å². The van der Waals surface area contributed by atoms with E-state index in [0.29, 0.717) is 11.1 Å². The van der Waals surface area contributed by atoms with Crippen LogP contribution in [0.5, 0.6) is 0 Å². The number of non-ortho nitro benzene ring substituents is 2. The fourth-order valence-corrected chi connectivity index (χ4v) is 2.25. The monoisotopic (exact) mass is 286 g/mol. The lowest BCUT2D eigenvalue weighted by atomic mass is 10.0. The molecule has 7 nitrogen and oxygen atoms in total. The van der Waals surface area contributed by atoms with Crippen LogP contribution in [-0.4, -0.2) is 9.85 Å². The van der Waals surface area contributed by atoms with E-state index in [1.54, 1.807) is 24.3 Å². The highest BCUT2D eigenvalue weighted by Crippen LogP contribution is 2.51. The molecule has 0 unspecified atom stereocenters. The van der Waals surface area contributed by atoms with Gasteiger partial charge in [0.1, 0.15) is 12.2 Å². The Morgan fingerprint density at radius 3 is 1.62 bits per heavy atom. The Hall–Kier alpha value is -2.80. The van der Waals surface area contributed by atoms with Gasteiger partial charge in [-0.15, -0.1) is 0 Å². The van der Waals surface area contributed by atoms with Crippen molar-refractivity contribution in [2.75, 3.05) is 0 Å². The van der Waals surface area contributed by atoms with Crippen molar-refractivity contribution in [3.63, 3.8) is 0 Å². The lowest BCUT2D eigenvalue weighted by molar-refractivity contribution is -0.385. The van der Waals surface area contributed by atoms with Gasteiger partial charge < -0.3 is 4.74 Å². The van der Waals surface area contributed by atoms with E-state index in [2.05, 4.69) is 0 Å². The third kappa shape index (κ3) is 2.59. The van der Waals surface area contributed by atoms with Crippen molar-refractivity contribution < 1.29 is 14.6 Å². The van der Waals surface area contributed by atoms with Crippen LogP contribution in [0.15, 0.2) is 48.5 Å². The van der Waals surface area contributed by atoms with Crippen LogP contribution < -0.4 is 0 Å². The molecule has 2 aromatic rings. The average molecular weight is 286 g/mol. The van der Waals surface area contributed by atoms with Gasteiger partial charge in [-0.1, -0.05) is 24.3 Å². The predicted octanol–water partition coefficient (Wildman–Crippen LogP) is 3.32. The summed E-state index contributed by atoms with van der Waals surface area (Å²) in [7, 11) is 0. The molecular weight excluding hydrogens is 276 g/mol. The SMILES string of the molecule is O=[N+]([O-])c1cccc([C@@H]2O[C@H]2c2cccc([N+](=O)[O-])c2)c1. The summed E-state index contributed by atoms with van der Waals surface area (Å²) in [5.74, 6) is 0. The van der Waals surface area contributed by atoms with Crippen molar-refractivity contribution in [3.8, 4) is 0 Å². The number of rotatable bonds is 4. The van der Waals surface area contributed by atoms with E-state index < -0.39 is 9.85 Å². The first-order chi connectivity index (χ1) is 10.1. The quantitative estimate of drug-likeness (QED) is 0.487. The van der Waals surface area contributed by atoms with Crippen molar-refractivity contribution in [2.45, 2.75) is 12.2 Å². The molecule has 0 spiro atoms. The predicted molar refractivity (Wildman–Crippen MR) is 72.8 cm³/mol. The Kier molecular flexibility index (Phi) is 3.11. The first-order valence-electron chi connectivity index (χ1n) is 6.20. The summed E-state index contributed by atoms with van der Waals surface area (Å²) in [4.78, 5) is 20.6. The number of hydrogen-bond donors (Lipinski definition) is 0. The van der Waals surface area contributed by atoms with Crippen molar-refractivity contribution in [3.05, 3.63) is 79.9 Å². The molecule has 1 fully saturated rings. The van der Waals surface area contributed by atoms with Gasteiger partial charge in [0, 0.05) is 24.3 Å². The Labute approximate surface area is 119 Å². The normalized spacial score (nSPS) is 20.0. The highest BCUT2D eigenvalue weighted by atomic mass is 16.6. The van der Waals surface area contributed by atoms with Crippen LogP contribution in [0.1, 0.15) is 23.3 Å². The summed E-state index contributed by atoms with van der Waals surface area (Å²) in [6.07, 6.45) is -0.598. The van der Waals surface area contributed by atoms with E-state index in [1.165, 1.54) is 24.3 Å². The molecule has 7 heteroatoms. The minimum Gasteiger partial charge on any atom is -0.359 e. The minimum atomic E-state index is -0.464. The third-order valence-electron chi connectivity index (χ3n) is 3.31. The van der Waals surface area contributed by atoms with Gasteiger partial charge >= 0.3 is 0 Å². The lowest BCUT2D eigenvalue weighted by Crippen LogP contribution is -1.91. The topological polar surface area (TPSA) is 98.8 Å². The van der Waals surface area contributed by atoms with Gasteiger partial charge in [-0.3, -0.25) is 20.2 Å². The largest absolute Gasteiger partial charge is 0.359 e. The van der Waals surface area contributed by atoms with Crippen LogP contribution in [0.2, 0.25) is 0 Å². The number of benzene rings is 2. The molecule has 0 aliphatic carbocycles. The number of nitrogens with zero attached hydrogens (tertiary/aromatic N) is 2. The average Bonchev–Trinajstić information content (AvgIpc) is 3.28. The molecule has 2 atom stereocenters. The van der Waals surface area contributed by atoms with Gasteiger partial charge in [0.05, 0.1) is 9.85 Å². The van der Waals surface area contributed by atoms with Gasteiger partial charge in [0.2, 0.25) is 0 Å². The molecular formula is C14H10N2O5. The molecule has 2 aromatic carbocycles. The number of nitro groups is 2. The molecule has 1 aliphatic rings. The second-order valence-electron chi connectivity index (χ2n) is 4.68. The number of hydrogen-bond acceptors (Lipinski definition) is 5. The molecule has 0 amide bonds. The fraction of sp³-hybridized carbons (Fsp3) is 0.143. The Morgan fingerprint density at radius 2 is 1.24 bits per heavy atom. The van der Waals surface area contributed by atoms with Crippen molar-refractivity contribution in [1.29, 1.82) is 0 Å². The van der Waals surface area contributed by atoms with Crippen LogP contribution >= 0.6 is 0 Å². The lowest BCUT2D eigenvalue weighted by Gasteiger charge is -1.98. The van der Waals surface area contributed by atoms with Gasteiger partial charge in [0.15, 0.2) is 0 Å². The third-order valence-corrected chi connectivity index (χ3v) is 3.31. The van der Waals surface area contributed by atoms with Gasteiger partial charge in [-0.05, 0) is 11.1 Å². The molecule has 0 radical (unpaired) electrons. The number of nitro benzene ring substituents is 2. The summed E-state index contributed by atoms with van der Waals surface area (Å²) in [6, 6.07) is 12.4. The molecule has 0 aromatic heterocycles. The molecule has 0 bridgehead atoms. The zero-order valence-corrected chi connectivity index (χ0v) is 10.7. The van der Waals surface area contributed by atoms with Crippen molar-refractivity contribution in [2.24, 2.45) is 0 Å². The second kappa shape index (κ2) is 4.95. The molecule has 1 aliphatic heterocycles. The Morgan fingerprint density at radius 1 is 0.810 bits per heavy atom. The molecule has 0 N–H and O–H groups in total. The first kappa shape index (κ1) is 13.2. The van der Waals surface area contributed by atoms with Gasteiger partial charge in [-0.2, -0.15) is 0 Å². The molecule has 1 saturated heterocycles. The van der Waals surface area contributed by atoms with Crippen molar-refractivity contribution >= 4 is 11.4 Å². The van der Waals surface area contributed by atoms with Crippen LogP contribution in [0.4, 0.5) is 11.4 Å². The Balaban J connectivity index is 1.83. The Bertz CT molecular complexity index is 669. The summed E-state index contributed by atoms with van der Waals surface area (Å²) >= 11 is 0. The van der Waals surface area contributed by atoms with Crippen molar-refractivity contribution in [1.82, 2.24) is 0 Å². The van der Waals surface area contributed by atoms with Gasteiger partial charge in [-0.25, -0.2) is 0 Å². The van der Waals surface area contributed by atoms with E-state index in [9.17, 15) is 20.2 Å². The van der Waals surface area contributed by atoms with Crippen LogP contribution in [0.25, 0.3) is 0 Å². The molecule has 0 saturated carbocycles. The summed E-state index contributed by atoms with van der Waals surface area (Å²) in [6.45, 7) is 0. The van der Waals surface area contributed by atoms with Crippen LogP contribution in [0, 0.1) is 20.2 Å². The van der Waals surface area contributed by atoms with E-state index in [0.717, 1.165) is 0 Å².